The van der Waals surface area contributed by atoms with Crippen molar-refractivity contribution >= 4 is 59.7 Å². The maximum Gasteiger partial charge on any atom is 0.352 e. The van der Waals surface area contributed by atoms with Gasteiger partial charge in [0.15, 0.2) is 11.9 Å². The number of rotatable bonds is 4. The van der Waals surface area contributed by atoms with Gasteiger partial charge in [0.05, 0.1) is 8.95 Å². The molecule has 108 valence electrons. The fourth-order valence-electron chi connectivity index (χ4n) is 1.12. The summed E-state index contributed by atoms with van der Waals surface area (Å²) in [5, 5.41) is 0. The maximum absolute atomic E-state index is 11.9. The summed E-state index contributed by atoms with van der Waals surface area (Å²) in [5.41, 5.74) is 0.218. The molecule has 1 atom stereocenters. The fourth-order valence-corrected chi connectivity index (χ4v) is 3.54. The van der Waals surface area contributed by atoms with Gasteiger partial charge in [-0.1, -0.05) is 22.5 Å². The molecular formula is C13H11Br3O4. The minimum absolute atomic E-state index is 0.218. The van der Waals surface area contributed by atoms with Crippen molar-refractivity contribution in [1.29, 1.82) is 0 Å². The van der Waals surface area contributed by atoms with Gasteiger partial charge in [-0.2, -0.15) is 0 Å². The van der Waals surface area contributed by atoms with Crippen LogP contribution in [0.2, 0.25) is 0 Å². The molecule has 0 aliphatic carbocycles. The molecule has 20 heavy (non-hydrogen) atoms. The Bertz CT molecular complexity index is 546. The lowest BCUT2D eigenvalue weighted by atomic mass is 10.3. The summed E-state index contributed by atoms with van der Waals surface area (Å²) in [6.07, 6.45) is -1.03. The molecule has 1 unspecified atom stereocenters. The van der Waals surface area contributed by atoms with Gasteiger partial charge in [-0.25, -0.2) is 9.59 Å². The van der Waals surface area contributed by atoms with E-state index in [9.17, 15) is 9.59 Å². The molecule has 4 nitrogen and oxygen atoms in total. The Hall–Kier alpha value is -0.660. The second kappa shape index (κ2) is 7.38. The summed E-state index contributed by atoms with van der Waals surface area (Å²) in [6, 6.07) is 3.47. The van der Waals surface area contributed by atoms with Crippen LogP contribution in [-0.4, -0.2) is 18.0 Å². The van der Waals surface area contributed by atoms with Crippen LogP contribution in [-0.2, 0) is 14.3 Å². The third kappa shape index (κ3) is 4.71. The second-order valence-electron chi connectivity index (χ2n) is 3.95. The molecule has 0 bridgehead atoms. The van der Waals surface area contributed by atoms with Gasteiger partial charge in [-0.05, 0) is 57.8 Å². The van der Waals surface area contributed by atoms with Crippen molar-refractivity contribution in [2.24, 2.45) is 0 Å². The van der Waals surface area contributed by atoms with Crippen molar-refractivity contribution in [3.63, 3.8) is 0 Å². The number of esters is 2. The highest BCUT2D eigenvalue weighted by atomic mass is 79.9. The summed E-state index contributed by atoms with van der Waals surface area (Å²) in [7, 11) is 0. The maximum atomic E-state index is 11.9. The average Bonchev–Trinajstić information content (AvgIpc) is 2.32. The summed E-state index contributed by atoms with van der Waals surface area (Å²) >= 11 is 9.89. The predicted octanol–water partition coefficient (Wildman–Crippen LogP) is 4.39. The first-order valence-electron chi connectivity index (χ1n) is 5.45. The number of carbonyl (C=O) groups excluding carboxylic acids is 2. The van der Waals surface area contributed by atoms with Gasteiger partial charge in [0.2, 0.25) is 0 Å². The van der Waals surface area contributed by atoms with Gasteiger partial charge >= 0.3 is 11.9 Å². The first-order valence-corrected chi connectivity index (χ1v) is 7.83. The van der Waals surface area contributed by atoms with E-state index in [0.29, 0.717) is 14.7 Å². The minimum atomic E-state index is -1.03. The number of hydrogen-bond donors (Lipinski definition) is 0. The number of carbonyl (C=O) groups is 2. The van der Waals surface area contributed by atoms with Crippen LogP contribution in [0.25, 0.3) is 0 Å². The molecule has 0 spiro atoms. The lowest BCUT2D eigenvalue weighted by molar-refractivity contribution is -0.158. The third-order valence-electron chi connectivity index (χ3n) is 2.13. The Morgan fingerprint density at radius 2 is 1.70 bits per heavy atom. The normalized spacial score (nSPS) is 11.7. The van der Waals surface area contributed by atoms with E-state index < -0.39 is 18.0 Å². The standard InChI is InChI=1S/C13H11Br3O4/c1-6(2)12(17)19-7(3)13(18)20-11-9(15)4-8(14)5-10(11)16/h4-5,7H,1H2,2-3H3. The molecule has 0 radical (unpaired) electrons. The molecule has 0 aliphatic rings. The molecule has 0 aliphatic heterocycles. The van der Waals surface area contributed by atoms with Crippen molar-refractivity contribution in [2.75, 3.05) is 0 Å². The van der Waals surface area contributed by atoms with Crippen molar-refractivity contribution in [1.82, 2.24) is 0 Å². The SMILES string of the molecule is C=C(C)C(=O)OC(C)C(=O)Oc1c(Br)cc(Br)cc1Br. The number of halogens is 3. The lowest BCUT2D eigenvalue weighted by Gasteiger charge is -2.14. The van der Waals surface area contributed by atoms with Crippen molar-refractivity contribution in [2.45, 2.75) is 20.0 Å². The van der Waals surface area contributed by atoms with Gasteiger partial charge in [-0.3, -0.25) is 0 Å². The molecule has 1 rings (SSSR count). The average molecular weight is 471 g/mol. The van der Waals surface area contributed by atoms with Gasteiger partial charge in [0.1, 0.15) is 0 Å². The van der Waals surface area contributed by atoms with Crippen molar-refractivity contribution in [3.8, 4) is 5.75 Å². The molecule has 0 fully saturated rings. The zero-order chi connectivity index (χ0) is 15.4. The van der Waals surface area contributed by atoms with Gasteiger partial charge < -0.3 is 9.47 Å². The van der Waals surface area contributed by atoms with Gasteiger partial charge in [0.25, 0.3) is 0 Å². The smallest absolute Gasteiger partial charge is 0.352 e. The second-order valence-corrected chi connectivity index (χ2v) is 6.57. The van der Waals surface area contributed by atoms with Gasteiger partial charge in [0, 0.05) is 10.0 Å². The fraction of sp³-hybridized carbons (Fsp3) is 0.231. The molecule has 0 heterocycles. The lowest BCUT2D eigenvalue weighted by Crippen LogP contribution is -2.28. The number of hydrogen-bond acceptors (Lipinski definition) is 4. The Kier molecular flexibility index (Phi) is 6.42. The highest BCUT2D eigenvalue weighted by Gasteiger charge is 2.22. The van der Waals surface area contributed by atoms with Crippen LogP contribution >= 0.6 is 47.8 Å². The topological polar surface area (TPSA) is 52.6 Å². The van der Waals surface area contributed by atoms with Crippen LogP contribution in [0.3, 0.4) is 0 Å². The largest absolute Gasteiger partial charge is 0.447 e. The number of ether oxygens (including phenoxy) is 2. The summed E-state index contributed by atoms with van der Waals surface area (Å²) in [5.74, 6) is -0.997. The zero-order valence-electron chi connectivity index (χ0n) is 10.7. The van der Waals surface area contributed by atoms with Crippen LogP contribution < -0.4 is 4.74 Å². The molecular weight excluding hydrogens is 460 g/mol. The molecule has 0 amide bonds. The van der Waals surface area contributed by atoms with Crippen molar-refractivity contribution in [3.05, 3.63) is 37.7 Å². The summed E-state index contributed by atoms with van der Waals surface area (Å²) in [6.45, 7) is 6.38. The van der Waals surface area contributed by atoms with E-state index in [1.165, 1.54) is 13.8 Å². The molecule has 0 saturated carbocycles. The quantitative estimate of drug-likeness (QED) is 0.372. The summed E-state index contributed by atoms with van der Waals surface area (Å²) < 4.78 is 12.1. The molecule has 0 saturated heterocycles. The first kappa shape index (κ1) is 17.4. The van der Waals surface area contributed by atoms with E-state index in [1.807, 2.05) is 0 Å². The van der Waals surface area contributed by atoms with Gasteiger partial charge in [-0.15, -0.1) is 0 Å². The highest BCUT2D eigenvalue weighted by molar-refractivity contribution is 9.11. The van der Waals surface area contributed by atoms with Crippen LogP contribution in [0, 0.1) is 0 Å². The summed E-state index contributed by atoms with van der Waals surface area (Å²) in [4.78, 5) is 23.2. The zero-order valence-corrected chi connectivity index (χ0v) is 15.5. The van der Waals surface area contributed by atoms with Crippen LogP contribution in [0.5, 0.6) is 5.75 Å². The van der Waals surface area contributed by atoms with E-state index in [4.69, 9.17) is 9.47 Å². The van der Waals surface area contributed by atoms with Crippen LogP contribution in [0.15, 0.2) is 37.7 Å². The van der Waals surface area contributed by atoms with E-state index in [2.05, 4.69) is 54.4 Å². The Morgan fingerprint density at radius 3 is 2.15 bits per heavy atom. The van der Waals surface area contributed by atoms with Crippen molar-refractivity contribution < 1.29 is 19.1 Å². The molecule has 0 aromatic heterocycles. The van der Waals surface area contributed by atoms with E-state index in [-0.39, 0.29) is 5.57 Å². The Morgan fingerprint density at radius 1 is 1.20 bits per heavy atom. The third-order valence-corrected chi connectivity index (χ3v) is 3.77. The van der Waals surface area contributed by atoms with Crippen LogP contribution in [0.4, 0.5) is 0 Å². The minimum Gasteiger partial charge on any atom is -0.447 e. The Labute approximate surface area is 141 Å². The van der Waals surface area contributed by atoms with E-state index in [1.54, 1.807) is 12.1 Å². The Balaban J connectivity index is 2.81. The number of benzene rings is 1. The molecule has 1 aromatic rings. The monoisotopic (exact) mass is 468 g/mol. The highest BCUT2D eigenvalue weighted by Crippen LogP contribution is 2.36. The molecule has 1 aromatic carbocycles. The molecule has 0 N–H and O–H groups in total. The van der Waals surface area contributed by atoms with E-state index >= 15 is 0 Å². The first-order chi connectivity index (χ1) is 9.22. The van der Waals surface area contributed by atoms with Crippen LogP contribution in [0.1, 0.15) is 13.8 Å². The van der Waals surface area contributed by atoms with E-state index in [0.717, 1.165) is 4.47 Å². The molecule has 7 heteroatoms. The predicted molar refractivity (Wildman–Crippen MR) is 85.5 cm³/mol.